The number of nitrogens with one attached hydrogen (secondary N) is 1. The lowest BCUT2D eigenvalue weighted by atomic mass is 10.00. The molecule has 0 amide bonds. The zero-order chi connectivity index (χ0) is 15.8. The molecule has 2 aromatic carbocycles. The van der Waals surface area contributed by atoms with Crippen molar-refractivity contribution < 1.29 is 9.13 Å². The van der Waals surface area contributed by atoms with Crippen molar-refractivity contribution in [2.24, 2.45) is 0 Å². The highest BCUT2D eigenvalue weighted by Crippen LogP contribution is 2.35. The number of aromatic nitrogens is 2. The summed E-state index contributed by atoms with van der Waals surface area (Å²) in [5, 5.41) is 4.89. The van der Waals surface area contributed by atoms with Crippen molar-refractivity contribution in [1.82, 2.24) is 9.97 Å². The molecule has 2 heterocycles. The fraction of sp³-hybridized carbons (Fsp3) is 0.176. The molecule has 4 nitrogen and oxygen atoms in total. The molecule has 0 saturated heterocycles. The van der Waals surface area contributed by atoms with Crippen molar-refractivity contribution in [2.75, 3.05) is 11.9 Å². The van der Waals surface area contributed by atoms with Gasteiger partial charge in [-0.15, -0.1) is 0 Å². The van der Waals surface area contributed by atoms with Crippen molar-refractivity contribution in [1.29, 1.82) is 0 Å². The predicted octanol–water partition coefficient (Wildman–Crippen LogP) is 4.36. The lowest BCUT2D eigenvalue weighted by molar-refractivity contribution is 0.273. The molecule has 0 fully saturated rings. The van der Waals surface area contributed by atoms with Crippen molar-refractivity contribution in [3.63, 3.8) is 0 Å². The number of rotatable bonds is 2. The van der Waals surface area contributed by atoms with Gasteiger partial charge in [-0.25, -0.2) is 14.4 Å². The molecule has 1 aliphatic heterocycles. The summed E-state index contributed by atoms with van der Waals surface area (Å²) < 4.78 is 19.2. The van der Waals surface area contributed by atoms with Crippen LogP contribution in [0.2, 0.25) is 5.02 Å². The Labute approximate surface area is 137 Å². The van der Waals surface area contributed by atoms with Crippen LogP contribution in [-0.2, 0) is 0 Å². The minimum absolute atomic E-state index is 0.0665. The molecule has 1 aliphatic rings. The van der Waals surface area contributed by atoms with E-state index >= 15 is 0 Å². The maximum absolute atomic E-state index is 13.6. The average molecular weight is 330 g/mol. The molecule has 23 heavy (non-hydrogen) atoms. The second kappa shape index (κ2) is 5.66. The Morgan fingerprint density at radius 1 is 1.17 bits per heavy atom. The standard InChI is InChI=1S/C17H13ClFN3O/c18-10-1-3-12-15(7-10)20-9-21-17(12)22-14-5-6-23-16-4-2-11(19)8-13(14)16/h1-4,7-9,14H,5-6H2,(H,20,21,22). The quantitative estimate of drug-likeness (QED) is 0.759. The molecule has 0 saturated carbocycles. The molecule has 3 aromatic rings. The Bertz CT molecular complexity index is 887. The van der Waals surface area contributed by atoms with Gasteiger partial charge in [-0.3, -0.25) is 0 Å². The van der Waals surface area contributed by atoms with E-state index in [-0.39, 0.29) is 11.9 Å². The van der Waals surface area contributed by atoms with Crippen LogP contribution in [0, 0.1) is 5.82 Å². The predicted molar refractivity (Wildman–Crippen MR) is 87.4 cm³/mol. The van der Waals surface area contributed by atoms with Crippen LogP contribution < -0.4 is 10.1 Å². The van der Waals surface area contributed by atoms with Gasteiger partial charge in [0.2, 0.25) is 0 Å². The molecule has 0 aliphatic carbocycles. The van der Waals surface area contributed by atoms with E-state index in [1.165, 1.54) is 18.5 Å². The van der Waals surface area contributed by atoms with Crippen molar-refractivity contribution >= 4 is 28.3 Å². The van der Waals surface area contributed by atoms with Gasteiger partial charge in [0, 0.05) is 22.4 Å². The van der Waals surface area contributed by atoms with E-state index in [2.05, 4.69) is 15.3 Å². The highest BCUT2D eigenvalue weighted by molar-refractivity contribution is 6.31. The number of halogens is 2. The molecule has 1 N–H and O–H groups in total. The van der Waals surface area contributed by atoms with Gasteiger partial charge in [-0.2, -0.15) is 0 Å². The number of anilines is 1. The number of hydrogen-bond acceptors (Lipinski definition) is 4. The molecule has 1 aromatic heterocycles. The summed E-state index contributed by atoms with van der Waals surface area (Å²) in [6.07, 6.45) is 2.22. The normalized spacial score (nSPS) is 16.7. The molecule has 0 radical (unpaired) electrons. The van der Waals surface area contributed by atoms with E-state index < -0.39 is 0 Å². The number of fused-ring (bicyclic) bond motifs is 2. The number of ether oxygens (including phenoxy) is 1. The van der Waals surface area contributed by atoms with Gasteiger partial charge in [-0.05, 0) is 36.4 Å². The summed E-state index contributed by atoms with van der Waals surface area (Å²) in [4.78, 5) is 8.56. The molecule has 0 bridgehead atoms. The molecule has 6 heteroatoms. The van der Waals surface area contributed by atoms with Gasteiger partial charge in [0.25, 0.3) is 0 Å². The lowest BCUT2D eigenvalue weighted by Gasteiger charge is -2.27. The third kappa shape index (κ3) is 2.68. The fourth-order valence-corrected chi connectivity index (χ4v) is 2.99. The minimum atomic E-state index is -0.277. The summed E-state index contributed by atoms with van der Waals surface area (Å²) in [6, 6.07) is 9.98. The maximum atomic E-state index is 13.6. The van der Waals surface area contributed by atoms with Crippen molar-refractivity contribution in [2.45, 2.75) is 12.5 Å². The third-order valence-corrected chi connectivity index (χ3v) is 4.16. The van der Waals surface area contributed by atoms with E-state index in [0.29, 0.717) is 23.2 Å². The van der Waals surface area contributed by atoms with Gasteiger partial charge in [0.15, 0.2) is 0 Å². The first-order valence-corrected chi connectivity index (χ1v) is 7.67. The summed E-state index contributed by atoms with van der Waals surface area (Å²) in [6.45, 7) is 0.575. The van der Waals surface area contributed by atoms with Crippen molar-refractivity contribution in [3.8, 4) is 5.75 Å². The Hall–Kier alpha value is -2.40. The van der Waals surface area contributed by atoms with E-state index in [4.69, 9.17) is 16.3 Å². The number of nitrogens with zero attached hydrogens (tertiary/aromatic N) is 2. The zero-order valence-corrected chi connectivity index (χ0v) is 12.8. The summed E-state index contributed by atoms with van der Waals surface area (Å²) in [7, 11) is 0. The Kier molecular flexibility index (Phi) is 3.50. The molecule has 116 valence electrons. The van der Waals surface area contributed by atoms with E-state index in [1.54, 1.807) is 18.2 Å². The van der Waals surface area contributed by atoms with Gasteiger partial charge in [0.1, 0.15) is 23.7 Å². The van der Waals surface area contributed by atoms with Crippen LogP contribution in [0.3, 0.4) is 0 Å². The largest absolute Gasteiger partial charge is 0.493 e. The topological polar surface area (TPSA) is 47.0 Å². The number of hydrogen-bond donors (Lipinski definition) is 1. The first kappa shape index (κ1) is 14.2. The summed E-state index contributed by atoms with van der Waals surface area (Å²) in [5.74, 6) is 1.13. The van der Waals surface area contributed by atoms with E-state index in [9.17, 15) is 4.39 Å². The summed E-state index contributed by atoms with van der Waals surface area (Å²) >= 11 is 6.01. The van der Waals surface area contributed by atoms with Gasteiger partial charge in [0.05, 0.1) is 18.2 Å². The van der Waals surface area contributed by atoms with Crippen LogP contribution in [0.15, 0.2) is 42.7 Å². The summed E-state index contributed by atoms with van der Waals surface area (Å²) in [5.41, 5.74) is 1.57. The van der Waals surface area contributed by atoms with Gasteiger partial charge in [-0.1, -0.05) is 11.6 Å². The Balaban J connectivity index is 1.74. The molecule has 4 rings (SSSR count). The van der Waals surface area contributed by atoms with Crippen molar-refractivity contribution in [3.05, 3.63) is 59.1 Å². The zero-order valence-electron chi connectivity index (χ0n) is 12.1. The average Bonchev–Trinajstić information content (AvgIpc) is 2.55. The second-order valence-corrected chi connectivity index (χ2v) is 5.84. The second-order valence-electron chi connectivity index (χ2n) is 5.40. The highest BCUT2D eigenvalue weighted by atomic mass is 35.5. The first-order chi connectivity index (χ1) is 11.2. The van der Waals surface area contributed by atoms with Crippen LogP contribution in [0.5, 0.6) is 5.75 Å². The smallest absolute Gasteiger partial charge is 0.137 e. The van der Waals surface area contributed by atoms with Gasteiger partial charge < -0.3 is 10.1 Å². The van der Waals surface area contributed by atoms with Crippen LogP contribution in [0.1, 0.15) is 18.0 Å². The molecule has 0 spiro atoms. The van der Waals surface area contributed by atoms with E-state index in [0.717, 1.165) is 22.9 Å². The maximum Gasteiger partial charge on any atom is 0.137 e. The monoisotopic (exact) mass is 329 g/mol. The van der Waals surface area contributed by atoms with Crippen LogP contribution in [-0.4, -0.2) is 16.6 Å². The SMILES string of the molecule is Fc1ccc2c(c1)C(Nc1ncnc3cc(Cl)ccc13)CCO2. The van der Waals surface area contributed by atoms with Gasteiger partial charge >= 0.3 is 0 Å². The number of benzene rings is 2. The lowest BCUT2D eigenvalue weighted by Crippen LogP contribution is -2.21. The van der Waals surface area contributed by atoms with Crippen LogP contribution >= 0.6 is 11.6 Å². The molecule has 1 atom stereocenters. The molecular weight excluding hydrogens is 317 g/mol. The third-order valence-electron chi connectivity index (χ3n) is 3.92. The highest BCUT2D eigenvalue weighted by Gasteiger charge is 2.23. The Morgan fingerprint density at radius 3 is 3.00 bits per heavy atom. The van der Waals surface area contributed by atoms with E-state index in [1.807, 2.05) is 6.07 Å². The van der Waals surface area contributed by atoms with Crippen LogP contribution in [0.4, 0.5) is 10.2 Å². The minimum Gasteiger partial charge on any atom is -0.493 e. The molecular formula is C17H13ClFN3O. The Morgan fingerprint density at radius 2 is 2.09 bits per heavy atom. The first-order valence-electron chi connectivity index (χ1n) is 7.30. The molecule has 1 unspecified atom stereocenters. The fourth-order valence-electron chi connectivity index (χ4n) is 2.83. The van der Waals surface area contributed by atoms with Crippen LogP contribution in [0.25, 0.3) is 10.9 Å².